The largest absolute Gasteiger partial charge is 0.356 e. The van der Waals surface area contributed by atoms with Crippen molar-refractivity contribution < 1.29 is 0 Å². The molecule has 0 aromatic heterocycles. The third-order valence-corrected chi connectivity index (χ3v) is 28.6. The van der Waals surface area contributed by atoms with E-state index in [-0.39, 0.29) is 0 Å². The Morgan fingerprint density at radius 3 is 0.827 bits per heavy atom. The first kappa shape index (κ1) is 62.0. The molecule has 0 atom stereocenters. The van der Waals surface area contributed by atoms with E-state index in [4.69, 9.17) is 0 Å². The minimum atomic E-state index is -2.65. The van der Waals surface area contributed by atoms with E-state index in [0.717, 1.165) is 28.4 Å². The van der Waals surface area contributed by atoms with Crippen molar-refractivity contribution in [3.63, 3.8) is 0 Å². The Bertz CT molecular complexity index is 5020. The summed E-state index contributed by atoms with van der Waals surface area (Å²) in [5.74, 6) is 0. The lowest BCUT2D eigenvalue weighted by Crippen LogP contribution is -2.74. The molecule has 0 spiro atoms. The second-order valence-electron chi connectivity index (χ2n) is 24.8. The summed E-state index contributed by atoms with van der Waals surface area (Å²) in [5, 5.41) is 17.0. The number of fused-ring (bicyclic) bond motifs is 1. The van der Waals surface area contributed by atoms with Gasteiger partial charge in [-0.3, -0.25) is 0 Å². The fraction of sp³-hybridized carbons (Fsp3) is 0. The highest BCUT2D eigenvalue weighted by atomic mass is 28.3. The summed E-state index contributed by atoms with van der Waals surface area (Å²) in [6.45, 7) is 0. The van der Waals surface area contributed by atoms with Gasteiger partial charge in [0.1, 0.15) is 0 Å². The zero-order valence-corrected chi connectivity index (χ0v) is 56.4. The normalized spacial score (nSPS) is 11.3. The summed E-state index contributed by atoms with van der Waals surface area (Å²) in [4.78, 5) is 2.35. The van der Waals surface area contributed by atoms with E-state index in [1.807, 2.05) is 18.2 Å². The van der Waals surface area contributed by atoms with Crippen LogP contribution in [0.4, 0.5) is 28.4 Å². The molecule has 0 saturated heterocycles. The zero-order chi connectivity index (χ0) is 65.8. The minimum Gasteiger partial charge on any atom is -0.356 e. The van der Waals surface area contributed by atoms with Gasteiger partial charge in [0.25, 0.3) is 0 Å². The molecule has 1 N–H and O–H groups in total. The van der Waals surface area contributed by atoms with Gasteiger partial charge in [0.05, 0.1) is 0 Å². The molecule has 0 heterocycles. The Morgan fingerprint density at radius 1 is 0.184 bits per heavy atom. The maximum Gasteiger partial charge on any atom is 0.179 e. The van der Waals surface area contributed by atoms with Crippen LogP contribution in [-0.4, -0.2) is 16.1 Å². The lowest BCUT2D eigenvalue weighted by molar-refractivity contribution is 1.28. The van der Waals surface area contributed by atoms with Gasteiger partial charge in [-0.05, 0) is 157 Å². The van der Waals surface area contributed by atoms with Gasteiger partial charge in [-0.2, -0.15) is 0 Å². The summed E-state index contributed by atoms with van der Waals surface area (Å²) in [5.41, 5.74) is 15.2. The van der Waals surface area contributed by atoms with Crippen molar-refractivity contribution in [1.29, 1.82) is 0 Å². The van der Waals surface area contributed by atoms with Crippen LogP contribution in [0.25, 0.3) is 55.3 Å². The van der Waals surface area contributed by atoms with Crippen molar-refractivity contribution in [2.45, 2.75) is 0 Å². The first-order valence-electron chi connectivity index (χ1n) is 33.7. The Morgan fingerprint density at radius 2 is 0.449 bits per heavy atom. The number of nitrogens with zero attached hydrogens (tertiary/aromatic N) is 1. The predicted molar refractivity (Wildman–Crippen MR) is 424 cm³/mol. The molecule has 16 aromatic carbocycles. The van der Waals surface area contributed by atoms with Crippen LogP contribution >= 0.6 is 0 Å². The molecule has 0 radical (unpaired) electrons. The van der Waals surface area contributed by atoms with E-state index in [9.17, 15) is 0 Å². The molecule has 98 heavy (non-hydrogen) atoms. The zero-order valence-electron chi connectivity index (χ0n) is 54.4. The number of benzene rings is 16. The van der Waals surface area contributed by atoms with Crippen LogP contribution in [0.2, 0.25) is 0 Å². The quantitative estimate of drug-likeness (QED) is 0.0722. The Labute approximate surface area is 578 Å². The summed E-state index contributed by atoms with van der Waals surface area (Å²) in [6.07, 6.45) is 0. The van der Waals surface area contributed by atoms with E-state index >= 15 is 0 Å². The van der Waals surface area contributed by atoms with E-state index in [1.54, 1.807) is 0 Å². The SMILES string of the molecule is c1ccc(-c2cccc3cccc(-c4ccc(N(c5ccccc5)c5ccc(-c6cccc([Si](c7ccccc7)(c7ccccc7)c7ccccc7)c6)cc5)cc4)c23)cc1.c1ccc(Nc2ccc(-c3cccc([Si](c4ccccc4)(c4ccccc4)c4ccccc4)c3)cc2)cc1. The Balaban J connectivity index is 0.000000177. The highest BCUT2D eigenvalue weighted by Crippen LogP contribution is 2.40. The van der Waals surface area contributed by atoms with Gasteiger partial charge >= 0.3 is 0 Å². The maximum atomic E-state index is 3.49. The topological polar surface area (TPSA) is 15.3 Å². The van der Waals surface area contributed by atoms with Crippen LogP contribution in [-0.2, 0) is 0 Å². The van der Waals surface area contributed by atoms with Gasteiger partial charge in [-0.25, -0.2) is 0 Å². The second-order valence-corrected chi connectivity index (χ2v) is 32.4. The summed E-state index contributed by atoms with van der Waals surface area (Å²) in [7, 11) is -5.19. The van der Waals surface area contributed by atoms with Crippen molar-refractivity contribution in [2.75, 3.05) is 10.2 Å². The number of anilines is 5. The van der Waals surface area contributed by atoms with E-state index < -0.39 is 16.1 Å². The van der Waals surface area contributed by atoms with Crippen molar-refractivity contribution in [1.82, 2.24) is 0 Å². The molecule has 0 fully saturated rings. The van der Waals surface area contributed by atoms with Gasteiger partial charge in [-0.15, -0.1) is 0 Å². The molecule has 4 heteroatoms. The molecule has 0 bridgehead atoms. The van der Waals surface area contributed by atoms with Gasteiger partial charge in [0, 0.05) is 28.4 Å². The fourth-order valence-corrected chi connectivity index (χ4v) is 24.1. The van der Waals surface area contributed by atoms with E-state index in [0.29, 0.717) is 0 Å². The molecule has 0 aliphatic heterocycles. The van der Waals surface area contributed by atoms with Gasteiger partial charge in [0.2, 0.25) is 0 Å². The number of para-hydroxylation sites is 2. The van der Waals surface area contributed by atoms with Crippen LogP contribution in [0.3, 0.4) is 0 Å². The highest BCUT2D eigenvalue weighted by molar-refractivity contribution is 7.20. The molecule has 0 saturated carbocycles. The fourth-order valence-electron chi connectivity index (χ4n) is 14.5. The average Bonchev–Trinajstić information content (AvgIpc) is 0.743. The van der Waals surface area contributed by atoms with E-state index in [1.165, 1.54) is 96.8 Å². The summed E-state index contributed by atoms with van der Waals surface area (Å²) >= 11 is 0. The lowest BCUT2D eigenvalue weighted by Gasteiger charge is -2.34. The second kappa shape index (κ2) is 28.8. The van der Waals surface area contributed by atoms with Crippen molar-refractivity contribution >= 4 is 96.9 Å². The molecule has 0 amide bonds. The molecule has 466 valence electrons. The molecule has 16 rings (SSSR count). The lowest BCUT2D eigenvalue weighted by atomic mass is 9.91. The van der Waals surface area contributed by atoms with Crippen LogP contribution in [0.5, 0.6) is 0 Å². The van der Waals surface area contributed by atoms with Crippen LogP contribution in [0, 0.1) is 0 Å². The van der Waals surface area contributed by atoms with Crippen LogP contribution in [0.15, 0.2) is 431 Å². The van der Waals surface area contributed by atoms with Crippen molar-refractivity contribution in [3.05, 3.63) is 431 Å². The minimum absolute atomic E-state index is 1.08. The molecular formula is C94H72N2Si2. The monoisotopic (exact) mass is 1280 g/mol. The smallest absolute Gasteiger partial charge is 0.179 e. The van der Waals surface area contributed by atoms with Crippen molar-refractivity contribution in [2.24, 2.45) is 0 Å². The number of hydrogen-bond donors (Lipinski definition) is 1. The standard InChI is InChI=1S/C58H43NSi.C36H29NSi/c1-6-19-45(20-7-1)56-33-17-21-47-22-18-34-57(58(47)56)46-37-41-51(42-38-46)59(49-24-8-2-9-25-49)50-39-35-44(36-40-50)48-23-16-32-55(43-48)60(52-26-10-3-11-27-52,53-28-12-4-13-29-53)54-30-14-5-15-31-54;1-5-15-31(16-6-1)37-32-26-24-29(25-27-32)30-14-13-23-36(28-30)38(33-17-7-2-8-18-33,34-19-9-3-10-20-34)35-21-11-4-12-22-35/h1-43H;1-28,37H. The molecule has 16 aromatic rings. The number of nitrogens with one attached hydrogen (secondary N) is 1. The van der Waals surface area contributed by atoms with Gasteiger partial charge in [0.15, 0.2) is 16.1 Å². The molecule has 0 aliphatic rings. The summed E-state index contributed by atoms with van der Waals surface area (Å²) < 4.78 is 0. The highest BCUT2D eigenvalue weighted by Gasteiger charge is 2.43. The third-order valence-electron chi connectivity index (χ3n) is 19.0. The van der Waals surface area contributed by atoms with Gasteiger partial charge < -0.3 is 10.2 Å². The predicted octanol–water partition coefficient (Wildman–Crippen LogP) is 19.2. The maximum absolute atomic E-state index is 3.49. The van der Waals surface area contributed by atoms with Crippen LogP contribution in [0.1, 0.15) is 0 Å². The first-order chi connectivity index (χ1) is 48.6. The molecular weight excluding hydrogens is 1210 g/mol. The Kier molecular flexibility index (Phi) is 18.2. The number of hydrogen-bond acceptors (Lipinski definition) is 2. The molecule has 0 aliphatic carbocycles. The first-order valence-corrected chi connectivity index (χ1v) is 37.7. The van der Waals surface area contributed by atoms with Crippen molar-refractivity contribution in [3.8, 4) is 44.5 Å². The summed E-state index contributed by atoms with van der Waals surface area (Å²) in [6, 6.07) is 157. The number of rotatable bonds is 17. The van der Waals surface area contributed by atoms with Crippen LogP contribution < -0.4 is 51.7 Å². The molecule has 2 nitrogen and oxygen atoms in total. The molecule has 0 unspecified atom stereocenters. The third kappa shape index (κ3) is 12.6. The Hall–Kier alpha value is -12.2. The van der Waals surface area contributed by atoms with E-state index in [2.05, 4.69) is 423 Å². The average molecular weight is 1290 g/mol. The van der Waals surface area contributed by atoms with Gasteiger partial charge in [-0.1, -0.05) is 370 Å².